The van der Waals surface area contributed by atoms with E-state index in [1.54, 1.807) is 14.2 Å². The Bertz CT molecular complexity index is 957. The van der Waals surface area contributed by atoms with Crippen LogP contribution in [0.4, 0.5) is 10.5 Å². The normalized spacial score (nSPS) is 13.8. The molecule has 0 atom stereocenters. The fraction of sp³-hybridized carbons (Fsp3) is 0.318. The number of rotatable bonds is 7. The minimum Gasteiger partial charge on any atom is -0.493 e. The van der Waals surface area contributed by atoms with Gasteiger partial charge in [-0.1, -0.05) is 37.7 Å². The van der Waals surface area contributed by atoms with Gasteiger partial charge in [0.2, 0.25) is 5.91 Å². The number of methoxy groups -OCH3 is 2. The Labute approximate surface area is 180 Å². The van der Waals surface area contributed by atoms with E-state index >= 15 is 0 Å². The fourth-order valence-electron chi connectivity index (χ4n) is 2.83. The Hall–Kier alpha value is -3.00. The molecule has 0 radical (unpaired) electrons. The summed E-state index contributed by atoms with van der Waals surface area (Å²) in [7, 11) is 3.17. The summed E-state index contributed by atoms with van der Waals surface area (Å²) in [5.41, 5.74) is 3.32. The lowest BCUT2D eigenvalue weighted by Crippen LogP contribution is -2.29. The van der Waals surface area contributed by atoms with Crippen molar-refractivity contribution < 1.29 is 19.1 Å². The summed E-state index contributed by atoms with van der Waals surface area (Å²) in [4.78, 5) is 24.2. The molecule has 0 bridgehead atoms. The number of benzene rings is 2. The molecule has 158 valence electrons. The molecule has 0 aliphatic carbocycles. The molecular formula is C22H25N3O4S. The summed E-state index contributed by atoms with van der Waals surface area (Å²) in [6.45, 7) is 4.04. The quantitative estimate of drug-likeness (QED) is 0.710. The molecule has 3 rings (SSSR count). The second kappa shape index (κ2) is 9.67. The Kier molecular flexibility index (Phi) is 6.99. The number of thioether (sulfide) groups is 1. The van der Waals surface area contributed by atoms with E-state index in [1.165, 1.54) is 16.8 Å². The highest BCUT2D eigenvalue weighted by Gasteiger charge is 2.23. The molecule has 0 saturated carbocycles. The predicted octanol–water partition coefficient (Wildman–Crippen LogP) is 4.37. The van der Waals surface area contributed by atoms with Gasteiger partial charge in [0.1, 0.15) is 0 Å². The first-order chi connectivity index (χ1) is 14.4. The van der Waals surface area contributed by atoms with E-state index in [4.69, 9.17) is 9.47 Å². The summed E-state index contributed by atoms with van der Waals surface area (Å²) in [5.74, 6) is 1.63. The van der Waals surface area contributed by atoms with Crippen LogP contribution >= 0.6 is 11.8 Å². The molecule has 2 aromatic rings. The number of amides is 2. The second-order valence-corrected chi connectivity index (χ2v) is 8.00. The Morgan fingerprint density at radius 2 is 1.83 bits per heavy atom. The molecule has 1 heterocycles. The van der Waals surface area contributed by atoms with Gasteiger partial charge in [-0.2, -0.15) is 5.10 Å². The van der Waals surface area contributed by atoms with Gasteiger partial charge >= 0.3 is 5.24 Å². The molecule has 0 saturated heterocycles. The monoisotopic (exact) mass is 427 g/mol. The van der Waals surface area contributed by atoms with Crippen LogP contribution in [-0.4, -0.2) is 41.8 Å². The van der Waals surface area contributed by atoms with Crippen molar-refractivity contribution >= 4 is 34.3 Å². The standard InChI is InChI=1S/C22H25N3O4S/c1-14(2)21(26)23-17-8-5-15(6-9-17)12-25-22(27)30-13-18(24-25)16-7-10-19(28-3)20(11-16)29-4/h5-11,14H,12-13H2,1-4H3,(H,23,26). The van der Waals surface area contributed by atoms with E-state index in [2.05, 4.69) is 10.4 Å². The summed E-state index contributed by atoms with van der Waals surface area (Å²) >= 11 is 1.21. The van der Waals surface area contributed by atoms with Crippen molar-refractivity contribution in [1.82, 2.24) is 5.01 Å². The van der Waals surface area contributed by atoms with Gasteiger partial charge in [-0.3, -0.25) is 9.59 Å². The zero-order valence-electron chi connectivity index (χ0n) is 17.5. The van der Waals surface area contributed by atoms with E-state index in [0.717, 1.165) is 22.5 Å². The minimum atomic E-state index is -0.101. The van der Waals surface area contributed by atoms with Crippen molar-refractivity contribution in [2.75, 3.05) is 25.3 Å². The molecule has 1 N–H and O–H groups in total. The smallest absolute Gasteiger partial charge is 0.302 e. The van der Waals surface area contributed by atoms with Gasteiger partial charge in [0, 0.05) is 22.9 Å². The van der Waals surface area contributed by atoms with Gasteiger partial charge in [0.15, 0.2) is 11.5 Å². The summed E-state index contributed by atoms with van der Waals surface area (Å²) in [6, 6.07) is 13.0. The molecule has 7 nitrogen and oxygen atoms in total. The van der Waals surface area contributed by atoms with Crippen molar-refractivity contribution in [3.05, 3.63) is 53.6 Å². The molecular weight excluding hydrogens is 402 g/mol. The number of hydrogen-bond donors (Lipinski definition) is 1. The number of anilines is 1. The highest BCUT2D eigenvalue weighted by molar-refractivity contribution is 8.14. The molecule has 30 heavy (non-hydrogen) atoms. The van der Waals surface area contributed by atoms with Crippen molar-refractivity contribution in [2.24, 2.45) is 11.0 Å². The van der Waals surface area contributed by atoms with Crippen LogP contribution in [0.2, 0.25) is 0 Å². The Balaban J connectivity index is 1.75. The summed E-state index contributed by atoms with van der Waals surface area (Å²) in [6.07, 6.45) is 0. The lowest BCUT2D eigenvalue weighted by molar-refractivity contribution is -0.118. The maximum absolute atomic E-state index is 12.4. The van der Waals surface area contributed by atoms with Gasteiger partial charge in [-0.25, -0.2) is 5.01 Å². The van der Waals surface area contributed by atoms with Crippen LogP contribution in [-0.2, 0) is 11.3 Å². The predicted molar refractivity (Wildman–Crippen MR) is 119 cm³/mol. The van der Waals surface area contributed by atoms with Crippen LogP contribution in [0.3, 0.4) is 0 Å². The summed E-state index contributed by atoms with van der Waals surface area (Å²) in [5, 5.41) is 8.78. The zero-order valence-corrected chi connectivity index (χ0v) is 18.3. The van der Waals surface area contributed by atoms with Crippen LogP contribution < -0.4 is 14.8 Å². The first-order valence-corrected chi connectivity index (χ1v) is 10.5. The largest absolute Gasteiger partial charge is 0.493 e. The number of hydrazone groups is 1. The highest BCUT2D eigenvalue weighted by atomic mass is 32.2. The molecule has 0 unspecified atom stereocenters. The first-order valence-electron chi connectivity index (χ1n) is 9.55. The van der Waals surface area contributed by atoms with E-state index in [1.807, 2.05) is 56.3 Å². The lowest BCUT2D eigenvalue weighted by Gasteiger charge is -2.23. The Morgan fingerprint density at radius 3 is 2.47 bits per heavy atom. The van der Waals surface area contributed by atoms with Crippen molar-refractivity contribution in [1.29, 1.82) is 0 Å². The third kappa shape index (κ3) is 5.13. The maximum Gasteiger partial charge on any atom is 0.302 e. The van der Waals surface area contributed by atoms with E-state index in [-0.39, 0.29) is 17.1 Å². The Morgan fingerprint density at radius 1 is 1.13 bits per heavy atom. The average Bonchev–Trinajstić information content (AvgIpc) is 2.76. The lowest BCUT2D eigenvalue weighted by atomic mass is 10.1. The molecule has 0 spiro atoms. The number of ether oxygens (including phenoxy) is 2. The molecule has 0 fully saturated rings. The van der Waals surface area contributed by atoms with Crippen LogP contribution in [0.15, 0.2) is 47.6 Å². The first kappa shape index (κ1) is 21.7. The van der Waals surface area contributed by atoms with Crippen molar-refractivity contribution in [3.8, 4) is 11.5 Å². The van der Waals surface area contributed by atoms with Crippen LogP contribution in [0.1, 0.15) is 25.0 Å². The highest BCUT2D eigenvalue weighted by Crippen LogP contribution is 2.30. The number of carbonyl (C=O) groups excluding carboxylic acids is 2. The van der Waals surface area contributed by atoms with Gasteiger partial charge in [-0.15, -0.1) is 0 Å². The van der Waals surface area contributed by atoms with E-state index < -0.39 is 0 Å². The molecule has 2 amide bonds. The van der Waals surface area contributed by atoms with Gasteiger partial charge < -0.3 is 14.8 Å². The van der Waals surface area contributed by atoms with Crippen molar-refractivity contribution in [2.45, 2.75) is 20.4 Å². The van der Waals surface area contributed by atoms with E-state index in [9.17, 15) is 9.59 Å². The third-order valence-electron chi connectivity index (χ3n) is 4.58. The zero-order chi connectivity index (χ0) is 21.7. The second-order valence-electron chi connectivity index (χ2n) is 7.07. The SMILES string of the molecule is COc1ccc(C2=NN(Cc3ccc(NC(=O)C(C)C)cc3)C(=O)SC2)cc1OC. The minimum absolute atomic E-state index is 0.0329. The summed E-state index contributed by atoms with van der Waals surface area (Å²) < 4.78 is 10.6. The molecule has 8 heteroatoms. The molecule has 2 aromatic carbocycles. The topological polar surface area (TPSA) is 80.2 Å². The van der Waals surface area contributed by atoms with Gasteiger partial charge in [-0.05, 0) is 35.9 Å². The molecule has 1 aliphatic rings. The molecule has 1 aliphatic heterocycles. The number of hydrogen-bond acceptors (Lipinski definition) is 6. The molecule has 0 aromatic heterocycles. The number of carbonyl (C=O) groups is 2. The van der Waals surface area contributed by atoms with Crippen LogP contribution in [0.5, 0.6) is 11.5 Å². The number of nitrogens with zero attached hydrogens (tertiary/aromatic N) is 2. The maximum atomic E-state index is 12.4. The van der Waals surface area contributed by atoms with E-state index in [0.29, 0.717) is 23.8 Å². The van der Waals surface area contributed by atoms with Crippen molar-refractivity contribution in [3.63, 3.8) is 0 Å². The van der Waals surface area contributed by atoms with Gasteiger partial charge in [0.25, 0.3) is 0 Å². The van der Waals surface area contributed by atoms with Gasteiger partial charge in [0.05, 0.1) is 26.5 Å². The third-order valence-corrected chi connectivity index (χ3v) is 5.45. The average molecular weight is 428 g/mol. The number of nitrogens with one attached hydrogen (secondary N) is 1. The van der Waals surface area contributed by atoms with Crippen LogP contribution in [0, 0.1) is 5.92 Å². The fourth-order valence-corrected chi connectivity index (χ4v) is 3.57. The van der Waals surface area contributed by atoms with Crippen LogP contribution in [0.25, 0.3) is 0 Å².